The predicted molar refractivity (Wildman–Crippen MR) is 64.5 cm³/mol. The van der Waals surface area contributed by atoms with Gasteiger partial charge in [0.05, 0.1) is 0 Å². The molecular weight excluding hydrogens is 265 g/mol. The van der Waals surface area contributed by atoms with E-state index in [1.54, 1.807) is 30.3 Å². The van der Waals surface area contributed by atoms with Gasteiger partial charge in [-0.15, -0.1) is 0 Å². The maximum absolute atomic E-state index is 12.4. The summed E-state index contributed by atoms with van der Waals surface area (Å²) < 4.78 is 37.1. The second-order valence-electron chi connectivity index (χ2n) is 3.98. The summed E-state index contributed by atoms with van der Waals surface area (Å²) in [7, 11) is 0. The lowest BCUT2D eigenvalue weighted by molar-refractivity contribution is -0.147. The fourth-order valence-corrected chi connectivity index (χ4v) is 1.94. The molecule has 6 heteroatoms. The Morgan fingerprint density at radius 2 is 1.94 bits per heavy atom. The fourth-order valence-electron chi connectivity index (χ4n) is 1.65. The molecule has 2 aromatic rings. The molecule has 2 N–H and O–H groups in total. The molecule has 1 heterocycles. The number of alkyl halides is 3. The van der Waals surface area contributed by atoms with E-state index in [2.05, 4.69) is 4.98 Å². The number of hydrogen-bond acceptors (Lipinski definition) is 2. The van der Waals surface area contributed by atoms with Crippen LogP contribution in [0.1, 0.15) is 5.69 Å². The van der Waals surface area contributed by atoms with Gasteiger partial charge in [-0.05, 0) is 11.5 Å². The second kappa shape index (κ2) is 4.74. The minimum atomic E-state index is -4.43. The lowest BCUT2D eigenvalue weighted by Crippen LogP contribution is -2.39. The zero-order chi connectivity index (χ0) is 13.3. The molecule has 0 spiro atoms. The SMILES string of the molecule is NC(Cc1cc2ccccc2c(Cl)n1)C(F)(F)F. The summed E-state index contributed by atoms with van der Waals surface area (Å²) in [5.74, 6) is 0. The Labute approximate surface area is 107 Å². The molecule has 0 aliphatic carbocycles. The molecule has 0 saturated carbocycles. The van der Waals surface area contributed by atoms with E-state index in [1.165, 1.54) is 0 Å². The van der Waals surface area contributed by atoms with Crippen molar-refractivity contribution in [2.24, 2.45) is 5.73 Å². The van der Waals surface area contributed by atoms with Crippen LogP contribution in [0.5, 0.6) is 0 Å². The van der Waals surface area contributed by atoms with Crippen molar-refractivity contribution in [2.45, 2.75) is 18.6 Å². The van der Waals surface area contributed by atoms with E-state index in [0.29, 0.717) is 5.39 Å². The van der Waals surface area contributed by atoms with Crippen LogP contribution in [0.15, 0.2) is 30.3 Å². The molecule has 1 atom stereocenters. The summed E-state index contributed by atoms with van der Waals surface area (Å²) in [6.07, 6.45) is -4.81. The van der Waals surface area contributed by atoms with Crippen molar-refractivity contribution in [1.82, 2.24) is 4.98 Å². The number of fused-ring (bicyclic) bond motifs is 1. The van der Waals surface area contributed by atoms with E-state index in [1.807, 2.05) is 0 Å². The van der Waals surface area contributed by atoms with Gasteiger partial charge in [-0.1, -0.05) is 35.9 Å². The van der Waals surface area contributed by atoms with Crippen LogP contribution >= 0.6 is 11.6 Å². The molecule has 1 unspecified atom stereocenters. The number of nitrogens with zero attached hydrogens (tertiary/aromatic N) is 1. The fraction of sp³-hybridized carbons (Fsp3) is 0.250. The van der Waals surface area contributed by atoms with Crippen molar-refractivity contribution in [2.75, 3.05) is 0 Å². The van der Waals surface area contributed by atoms with Gasteiger partial charge in [0, 0.05) is 17.5 Å². The standard InChI is InChI=1S/C12H10ClF3N2/c13-11-9-4-2-1-3-7(9)5-8(18-11)6-10(17)12(14,15)16/h1-5,10H,6,17H2. The highest BCUT2D eigenvalue weighted by Crippen LogP contribution is 2.25. The molecule has 0 aliphatic rings. The lowest BCUT2D eigenvalue weighted by atomic mass is 10.1. The van der Waals surface area contributed by atoms with Crippen LogP contribution in [0.3, 0.4) is 0 Å². The summed E-state index contributed by atoms with van der Waals surface area (Å²) in [5, 5.41) is 1.66. The van der Waals surface area contributed by atoms with Crippen LogP contribution < -0.4 is 5.73 Å². The van der Waals surface area contributed by atoms with Crippen LogP contribution in [0, 0.1) is 0 Å². The Bertz CT molecular complexity index is 569. The van der Waals surface area contributed by atoms with Crippen molar-refractivity contribution in [3.63, 3.8) is 0 Å². The van der Waals surface area contributed by atoms with Gasteiger partial charge >= 0.3 is 6.18 Å². The Morgan fingerprint density at radius 3 is 2.61 bits per heavy atom. The molecule has 18 heavy (non-hydrogen) atoms. The van der Waals surface area contributed by atoms with Gasteiger partial charge in [0.25, 0.3) is 0 Å². The third-order valence-corrected chi connectivity index (χ3v) is 2.88. The quantitative estimate of drug-likeness (QED) is 0.853. The van der Waals surface area contributed by atoms with E-state index in [4.69, 9.17) is 17.3 Å². The van der Waals surface area contributed by atoms with Crippen molar-refractivity contribution in [3.8, 4) is 0 Å². The highest BCUT2D eigenvalue weighted by molar-refractivity contribution is 6.34. The summed E-state index contributed by atoms with van der Waals surface area (Å²) in [5.41, 5.74) is 5.31. The van der Waals surface area contributed by atoms with E-state index in [-0.39, 0.29) is 17.3 Å². The Balaban J connectivity index is 2.36. The molecule has 1 aromatic carbocycles. The maximum atomic E-state index is 12.4. The Morgan fingerprint density at radius 1 is 1.28 bits per heavy atom. The normalized spacial score (nSPS) is 13.8. The smallest absolute Gasteiger partial charge is 0.320 e. The summed E-state index contributed by atoms with van der Waals surface area (Å²) >= 11 is 5.93. The minimum absolute atomic E-state index is 0.192. The number of pyridine rings is 1. The number of halogens is 4. The second-order valence-corrected chi connectivity index (χ2v) is 4.34. The lowest BCUT2D eigenvalue weighted by Gasteiger charge is -2.15. The van der Waals surface area contributed by atoms with Gasteiger partial charge < -0.3 is 5.73 Å². The maximum Gasteiger partial charge on any atom is 0.404 e. The van der Waals surface area contributed by atoms with E-state index in [0.717, 1.165) is 5.39 Å². The van der Waals surface area contributed by atoms with E-state index >= 15 is 0 Å². The molecule has 0 radical (unpaired) electrons. The average molecular weight is 275 g/mol. The number of nitrogens with two attached hydrogens (primary N) is 1. The number of aromatic nitrogens is 1. The van der Waals surface area contributed by atoms with Gasteiger partial charge in [-0.3, -0.25) is 0 Å². The molecule has 1 aromatic heterocycles. The van der Waals surface area contributed by atoms with Crippen LogP contribution in [0.25, 0.3) is 10.8 Å². The molecule has 0 saturated heterocycles. The van der Waals surface area contributed by atoms with Crippen molar-refractivity contribution in [3.05, 3.63) is 41.2 Å². The van der Waals surface area contributed by atoms with Gasteiger partial charge in [-0.25, -0.2) is 4.98 Å². The number of rotatable bonds is 2. The number of benzene rings is 1. The highest BCUT2D eigenvalue weighted by atomic mass is 35.5. The monoisotopic (exact) mass is 274 g/mol. The molecule has 2 nitrogen and oxygen atoms in total. The predicted octanol–water partition coefficient (Wildman–Crippen LogP) is 3.32. The van der Waals surface area contributed by atoms with Gasteiger partial charge in [-0.2, -0.15) is 13.2 Å². The van der Waals surface area contributed by atoms with Crippen LogP contribution in [-0.2, 0) is 6.42 Å². The first-order valence-electron chi connectivity index (χ1n) is 5.24. The summed E-state index contributed by atoms with van der Waals surface area (Å²) in [4.78, 5) is 3.94. The van der Waals surface area contributed by atoms with Crippen molar-refractivity contribution >= 4 is 22.4 Å². The molecule has 96 valence electrons. The molecule has 0 aliphatic heterocycles. The zero-order valence-corrected chi connectivity index (χ0v) is 9.96. The Hall–Kier alpha value is -1.33. The summed E-state index contributed by atoms with van der Waals surface area (Å²) in [6.45, 7) is 0. The van der Waals surface area contributed by atoms with Crippen LogP contribution in [0.4, 0.5) is 13.2 Å². The summed E-state index contributed by atoms with van der Waals surface area (Å²) in [6, 6.07) is 6.75. The Kier molecular flexibility index (Phi) is 3.45. The van der Waals surface area contributed by atoms with Crippen molar-refractivity contribution in [1.29, 1.82) is 0 Å². The van der Waals surface area contributed by atoms with Crippen LogP contribution in [0.2, 0.25) is 5.15 Å². The van der Waals surface area contributed by atoms with Gasteiger partial charge in [0.2, 0.25) is 0 Å². The first-order chi connectivity index (χ1) is 8.38. The van der Waals surface area contributed by atoms with Crippen LogP contribution in [-0.4, -0.2) is 17.2 Å². The minimum Gasteiger partial charge on any atom is -0.320 e. The first-order valence-corrected chi connectivity index (χ1v) is 5.62. The topological polar surface area (TPSA) is 38.9 Å². The molecule has 2 rings (SSSR count). The highest BCUT2D eigenvalue weighted by Gasteiger charge is 2.36. The molecular formula is C12H10ClF3N2. The average Bonchev–Trinajstić information content (AvgIpc) is 2.27. The molecule has 0 fully saturated rings. The number of hydrogen-bond donors (Lipinski definition) is 1. The third-order valence-electron chi connectivity index (χ3n) is 2.60. The first kappa shape index (κ1) is 13.1. The molecule has 0 amide bonds. The van der Waals surface area contributed by atoms with Gasteiger partial charge in [0.1, 0.15) is 11.2 Å². The van der Waals surface area contributed by atoms with E-state index in [9.17, 15) is 13.2 Å². The third kappa shape index (κ3) is 2.73. The van der Waals surface area contributed by atoms with E-state index < -0.39 is 12.2 Å². The van der Waals surface area contributed by atoms with Crippen molar-refractivity contribution < 1.29 is 13.2 Å². The van der Waals surface area contributed by atoms with Gasteiger partial charge in [0.15, 0.2) is 0 Å². The largest absolute Gasteiger partial charge is 0.404 e. The molecule has 0 bridgehead atoms. The zero-order valence-electron chi connectivity index (χ0n) is 9.21.